The maximum Gasteiger partial charge on any atom is 0.343 e. The number of carboxylic acids is 1. The molecule has 1 aromatic heterocycles. The van der Waals surface area contributed by atoms with Crippen molar-refractivity contribution in [1.82, 2.24) is 14.8 Å². The summed E-state index contributed by atoms with van der Waals surface area (Å²) in [6, 6.07) is 0. The largest absolute Gasteiger partial charge is 0.481 e. The highest BCUT2D eigenvalue weighted by atomic mass is 32.2. The number of nitrogens with one attached hydrogen (secondary N) is 1. The van der Waals surface area contributed by atoms with Gasteiger partial charge in [-0.1, -0.05) is 31.0 Å². The van der Waals surface area contributed by atoms with Gasteiger partial charge in [0.05, 0.1) is 5.75 Å². The van der Waals surface area contributed by atoms with Gasteiger partial charge in [-0.2, -0.15) is 0 Å². The Morgan fingerprint density at radius 2 is 2.17 bits per heavy atom. The van der Waals surface area contributed by atoms with Gasteiger partial charge in [-0.3, -0.25) is 9.36 Å². The third-order valence-corrected chi connectivity index (χ3v) is 4.17. The third-order valence-electron chi connectivity index (χ3n) is 3.21. The molecule has 2 N–H and O–H groups in total. The summed E-state index contributed by atoms with van der Waals surface area (Å²) >= 11 is 1.09. The first-order valence-electron chi connectivity index (χ1n) is 6.16. The first kappa shape index (κ1) is 13.2. The number of nitrogens with zero attached hydrogens (tertiary/aromatic N) is 2. The molecule has 0 saturated heterocycles. The van der Waals surface area contributed by atoms with Gasteiger partial charge < -0.3 is 5.11 Å². The smallest absolute Gasteiger partial charge is 0.343 e. The van der Waals surface area contributed by atoms with Gasteiger partial charge in [0.2, 0.25) is 0 Å². The first-order chi connectivity index (χ1) is 8.66. The van der Waals surface area contributed by atoms with Crippen molar-refractivity contribution in [3.05, 3.63) is 10.5 Å². The molecule has 1 aliphatic carbocycles. The van der Waals surface area contributed by atoms with E-state index in [0.29, 0.717) is 17.6 Å². The van der Waals surface area contributed by atoms with Crippen LogP contribution in [0.3, 0.4) is 0 Å². The second-order valence-corrected chi connectivity index (χ2v) is 5.55. The fraction of sp³-hybridized carbons (Fsp3) is 0.727. The lowest BCUT2D eigenvalue weighted by atomic mass is 9.89. The summed E-state index contributed by atoms with van der Waals surface area (Å²) < 4.78 is 1.57. The Morgan fingerprint density at radius 1 is 1.44 bits per heavy atom. The highest BCUT2D eigenvalue weighted by Crippen LogP contribution is 2.25. The van der Waals surface area contributed by atoms with E-state index >= 15 is 0 Å². The van der Waals surface area contributed by atoms with Gasteiger partial charge in [-0.15, -0.1) is 5.10 Å². The van der Waals surface area contributed by atoms with Crippen LogP contribution in [0, 0.1) is 5.92 Å². The molecule has 1 aromatic rings. The quantitative estimate of drug-likeness (QED) is 0.789. The summed E-state index contributed by atoms with van der Waals surface area (Å²) in [5, 5.41) is 15.4. The highest BCUT2D eigenvalue weighted by Gasteiger charge is 2.18. The van der Waals surface area contributed by atoms with Crippen molar-refractivity contribution >= 4 is 17.7 Å². The van der Waals surface area contributed by atoms with Crippen LogP contribution < -0.4 is 5.69 Å². The molecule has 18 heavy (non-hydrogen) atoms. The fourth-order valence-corrected chi connectivity index (χ4v) is 3.00. The van der Waals surface area contributed by atoms with Crippen LogP contribution in [0.5, 0.6) is 0 Å². The predicted octanol–water partition coefficient (Wildman–Crippen LogP) is 1.33. The zero-order valence-electron chi connectivity index (χ0n) is 10.1. The van der Waals surface area contributed by atoms with E-state index in [4.69, 9.17) is 5.11 Å². The lowest BCUT2D eigenvalue weighted by Gasteiger charge is -2.21. The summed E-state index contributed by atoms with van der Waals surface area (Å²) in [7, 11) is 0. The van der Waals surface area contributed by atoms with Gasteiger partial charge in [0, 0.05) is 6.54 Å². The molecule has 0 unspecified atom stereocenters. The van der Waals surface area contributed by atoms with Crippen molar-refractivity contribution in [2.75, 3.05) is 5.75 Å². The molecule has 1 aliphatic rings. The molecule has 1 fully saturated rings. The molecule has 0 bridgehead atoms. The molecule has 0 atom stereocenters. The Kier molecular flexibility index (Phi) is 4.46. The Balaban J connectivity index is 2.03. The molecule has 0 aliphatic heterocycles. The number of aromatic nitrogens is 3. The first-order valence-corrected chi connectivity index (χ1v) is 7.15. The molecule has 0 radical (unpaired) electrons. The summed E-state index contributed by atoms with van der Waals surface area (Å²) in [4.78, 5) is 22.2. The molecule has 100 valence electrons. The van der Waals surface area contributed by atoms with Crippen LogP contribution in [0.4, 0.5) is 0 Å². The van der Waals surface area contributed by atoms with Crippen LogP contribution in [0.2, 0.25) is 0 Å². The van der Waals surface area contributed by atoms with Crippen LogP contribution >= 0.6 is 11.8 Å². The monoisotopic (exact) mass is 271 g/mol. The van der Waals surface area contributed by atoms with Crippen LogP contribution in [0.15, 0.2) is 9.95 Å². The van der Waals surface area contributed by atoms with E-state index in [0.717, 1.165) is 24.6 Å². The molecule has 1 heterocycles. The topological polar surface area (TPSA) is 88.0 Å². The van der Waals surface area contributed by atoms with Gasteiger partial charge in [0.25, 0.3) is 0 Å². The Bertz CT molecular complexity index is 462. The minimum Gasteiger partial charge on any atom is -0.481 e. The molecule has 0 amide bonds. The number of H-pyrrole nitrogens is 1. The summed E-state index contributed by atoms with van der Waals surface area (Å²) in [5.74, 6) is -0.465. The average Bonchev–Trinajstić information content (AvgIpc) is 2.70. The molecule has 0 spiro atoms. The van der Waals surface area contributed by atoms with Gasteiger partial charge in [-0.05, 0) is 18.8 Å². The minimum atomic E-state index is -0.903. The van der Waals surface area contributed by atoms with Crippen molar-refractivity contribution in [3.8, 4) is 0 Å². The van der Waals surface area contributed by atoms with E-state index < -0.39 is 5.97 Å². The maximum atomic E-state index is 11.6. The maximum absolute atomic E-state index is 11.6. The average molecular weight is 271 g/mol. The Labute approximate surface area is 109 Å². The number of rotatable bonds is 5. The van der Waals surface area contributed by atoms with Crippen LogP contribution in [-0.2, 0) is 11.3 Å². The highest BCUT2D eigenvalue weighted by molar-refractivity contribution is 7.99. The van der Waals surface area contributed by atoms with E-state index in [1.54, 1.807) is 4.57 Å². The minimum absolute atomic E-state index is 0.0744. The zero-order valence-corrected chi connectivity index (χ0v) is 10.9. The Morgan fingerprint density at radius 3 is 2.83 bits per heavy atom. The number of aliphatic carboxylic acids is 1. The lowest BCUT2D eigenvalue weighted by molar-refractivity contribution is -0.133. The molecule has 2 rings (SSSR count). The van der Waals surface area contributed by atoms with Crippen molar-refractivity contribution in [1.29, 1.82) is 0 Å². The number of hydrogen-bond donors (Lipinski definition) is 2. The van der Waals surface area contributed by atoms with E-state index in [9.17, 15) is 9.59 Å². The second-order valence-electron chi connectivity index (χ2n) is 4.61. The second kappa shape index (κ2) is 6.08. The van der Waals surface area contributed by atoms with Crippen molar-refractivity contribution in [3.63, 3.8) is 0 Å². The number of hydrogen-bond acceptors (Lipinski definition) is 4. The summed E-state index contributed by atoms with van der Waals surface area (Å²) in [5.41, 5.74) is -0.242. The summed E-state index contributed by atoms with van der Waals surface area (Å²) in [6.07, 6.45) is 5.99. The predicted molar refractivity (Wildman–Crippen MR) is 67.8 cm³/mol. The van der Waals surface area contributed by atoms with Gasteiger partial charge >= 0.3 is 11.7 Å². The number of aromatic amines is 1. The van der Waals surface area contributed by atoms with Crippen molar-refractivity contribution in [2.45, 2.75) is 43.8 Å². The van der Waals surface area contributed by atoms with Crippen LogP contribution in [0.25, 0.3) is 0 Å². The van der Waals surface area contributed by atoms with Gasteiger partial charge in [0.15, 0.2) is 5.16 Å². The molecular formula is C11H17N3O3S. The van der Waals surface area contributed by atoms with Gasteiger partial charge in [0.1, 0.15) is 0 Å². The number of thioether (sulfide) groups is 1. The van der Waals surface area contributed by atoms with Crippen LogP contribution in [-0.4, -0.2) is 31.6 Å². The van der Waals surface area contributed by atoms with Gasteiger partial charge in [-0.25, -0.2) is 9.89 Å². The molecule has 6 nitrogen and oxygen atoms in total. The van der Waals surface area contributed by atoms with E-state index in [-0.39, 0.29) is 11.4 Å². The van der Waals surface area contributed by atoms with Crippen molar-refractivity contribution in [2.24, 2.45) is 5.92 Å². The SMILES string of the molecule is O=C(O)CSc1n[nH]c(=O)n1CC1CCCCC1. The molecule has 0 aromatic carbocycles. The number of carbonyl (C=O) groups is 1. The Hall–Kier alpha value is -1.24. The lowest BCUT2D eigenvalue weighted by Crippen LogP contribution is -2.23. The van der Waals surface area contributed by atoms with E-state index in [1.807, 2.05) is 0 Å². The molecular weight excluding hydrogens is 254 g/mol. The third kappa shape index (κ3) is 3.38. The normalized spacial score (nSPS) is 16.9. The van der Waals surface area contributed by atoms with Crippen molar-refractivity contribution < 1.29 is 9.90 Å². The molecule has 1 saturated carbocycles. The fourth-order valence-electron chi connectivity index (χ4n) is 2.33. The zero-order chi connectivity index (χ0) is 13.0. The summed E-state index contributed by atoms with van der Waals surface area (Å²) in [6.45, 7) is 0.650. The van der Waals surface area contributed by atoms with Crippen LogP contribution in [0.1, 0.15) is 32.1 Å². The van der Waals surface area contributed by atoms with E-state index in [1.165, 1.54) is 19.3 Å². The standard InChI is InChI=1S/C11H17N3O3S/c15-9(16)7-18-11-13-12-10(17)14(11)6-8-4-2-1-3-5-8/h8H,1-7H2,(H,12,17)(H,15,16). The van der Waals surface area contributed by atoms with E-state index in [2.05, 4.69) is 10.2 Å². The number of carboxylic acid groups (broad SMARTS) is 1. The molecule has 7 heteroatoms.